The third-order valence-corrected chi connectivity index (χ3v) is 3.13. The molecule has 1 amide bonds. The Labute approximate surface area is 77.7 Å². The van der Waals surface area contributed by atoms with Gasteiger partial charge in [0.15, 0.2) is 0 Å². The van der Waals surface area contributed by atoms with Crippen LogP contribution in [0.1, 0.15) is 19.3 Å². The van der Waals surface area contributed by atoms with E-state index in [0.29, 0.717) is 13.0 Å². The van der Waals surface area contributed by atoms with E-state index >= 15 is 0 Å². The number of rotatable bonds is 2. The van der Waals surface area contributed by atoms with E-state index in [-0.39, 0.29) is 17.7 Å². The highest BCUT2D eigenvalue weighted by Gasteiger charge is 2.51. The molecule has 1 aliphatic carbocycles. The summed E-state index contributed by atoms with van der Waals surface area (Å²) >= 11 is 0. The number of likely N-dealkylation sites (tertiary alicyclic amines) is 1. The summed E-state index contributed by atoms with van der Waals surface area (Å²) in [7, 11) is 0. The average Bonchev–Trinajstić information content (AvgIpc) is 2.16. The SMILES string of the molecule is C#CCCN1C(=O)[C@@H]2CC[C@@H]2[C@@H]1O. The number of nitrogens with zero attached hydrogens (tertiary/aromatic N) is 1. The van der Waals surface area contributed by atoms with E-state index < -0.39 is 6.23 Å². The summed E-state index contributed by atoms with van der Waals surface area (Å²) in [6, 6.07) is 0. The molecule has 1 saturated heterocycles. The molecule has 0 aromatic rings. The maximum absolute atomic E-state index is 11.6. The summed E-state index contributed by atoms with van der Waals surface area (Å²) in [5.74, 6) is 2.85. The highest BCUT2D eigenvalue weighted by atomic mass is 16.3. The minimum Gasteiger partial charge on any atom is -0.373 e. The Morgan fingerprint density at radius 3 is 2.77 bits per heavy atom. The summed E-state index contributed by atoms with van der Waals surface area (Å²) in [4.78, 5) is 13.1. The molecule has 0 aromatic carbocycles. The van der Waals surface area contributed by atoms with Crippen molar-refractivity contribution in [2.24, 2.45) is 11.8 Å². The van der Waals surface area contributed by atoms with Gasteiger partial charge in [-0.2, -0.15) is 0 Å². The minimum atomic E-state index is -0.570. The first-order valence-corrected chi connectivity index (χ1v) is 4.67. The van der Waals surface area contributed by atoms with Crippen LogP contribution >= 0.6 is 0 Å². The molecule has 1 aliphatic heterocycles. The molecule has 2 fully saturated rings. The molecular formula is C10H13NO2. The van der Waals surface area contributed by atoms with Crippen LogP contribution in [0.2, 0.25) is 0 Å². The van der Waals surface area contributed by atoms with E-state index in [4.69, 9.17) is 6.42 Å². The van der Waals surface area contributed by atoms with Crippen LogP contribution in [-0.4, -0.2) is 28.7 Å². The lowest BCUT2D eigenvalue weighted by Gasteiger charge is -2.28. The number of aliphatic hydroxyl groups is 1. The number of aliphatic hydroxyl groups excluding tert-OH is 1. The van der Waals surface area contributed by atoms with Crippen LogP contribution in [0.15, 0.2) is 0 Å². The lowest BCUT2D eigenvalue weighted by Crippen LogP contribution is -2.35. The third-order valence-electron chi connectivity index (χ3n) is 3.13. The first kappa shape index (κ1) is 8.58. The number of hydrogen-bond acceptors (Lipinski definition) is 2. The van der Waals surface area contributed by atoms with Crippen molar-refractivity contribution in [3.05, 3.63) is 0 Å². The summed E-state index contributed by atoms with van der Waals surface area (Å²) in [5, 5.41) is 9.71. The molecule has 1 N–H and O–H groups in total. The number of fused-ring (bicyclic) bond motifs is 1. The predicted octanol–water partition coefficient (Wildman–Crippen LogP) is 0.196. The van der Waals surface area contributed by atoms with Crippen molar-refractivity contribution < 1.29 is 9.90 Å². The predicted molar refractivity (Wildman–Crippen MR) is 47.4 cm³/mol. The van der Waals surface area contributed by atoms with E-state index in [1.165, 1.54) is 4.90 Å². The van der Waals surface area contributed by atoms with Crippen molar-refractivity contribution in [3.8, 4) is 12.3 Å². The standard InChI is InChI=1S/C10H13NO2/c1-2-3-6-11-9(12)7-4-5-8(7)10(11)13/h1,7-9,12H,3-6H2/t7-,8+,9-/m0/s1. The Kier molecular flexibility index (Phi) is 2.01. The Bertz CT molecular complexity index is 269. The van der Waals surface area contributed by atoms with Crippen molar-refractivity contribution in [1.29, 1.82) is 0 Å². The Hall–Kier alpha value is -1.01. The van der Waals surface area contributed by atoms with Crippen molar-refractivity contribution >= 4 is 5.91 Å². The lowest BCUT2D eigenvalue weighted by molar-refractivity contribution is -0.135. The molecule has 3 heteroatoms. The van der Waals surface area contributed by atoms with Gasteiger partial charge in [-0.05, 0) is 12.8 Å². The largest absolute Gasteiger partial charge is 0.373 e. The van der Waals surface area contributed by atoms with Gasteiger partial charge in [-0.15, -0.1) is 12.3 Å². The zero-order valence-corrected chi connectivity index (χ0v) is 7.44. The van der Waals surface area contributed by atoms with Gasteiger partial charge in [-0.25, -0.2) is 0 Å². The van der Waals surface area contributed by atoms with Gasteiger partial charge in [0.25, 0.3) is 0 Å². The molecule has 0 unspecified atom stereocenters. The van der Waals surface area contributed by atoms with Crippen LogP contribution in [-0.2, 0) is 4.79 Å². The van der Waals surface area contributed by atoms with Gasteiger partial charge in [-0.3, -0.25) is 4.79 Å². The Morgan fingerprint density at radius 1 is 1.62 bits per heavy atom. The van der Waals surface area contributed by atoms with Crippen LogP contribution in [0, 0.1) is 24.2 Å². The normalized spacial score (nSPS) is 36.8. The lowest BCUT2D eigenvalue weighted by atomic mass is 9.75. The molecule has 0 aromatic heterocycles. The fraction of sp³-hybridized carbons (Fsp3) is 0.700. The minimum absolute atomic E-state index is 0.0905. The van der Waals surface area contributed by atoms with Crippen LogP contribution in [0.3, 0.4) is 0 Å². The van der Waals surface area contributed by atoms with Gasteiger partial charge < -0.3 is 10.0 Å². The van der Waals surface area contributed by atoms with Crippen LogP contribution in [0.5, 0.6) is 0 Å². The zero-order valence-electron chi connectivity index (χ0n) is 7.44. The summed E-state index contributed by atoms with van der Waals surface area (Å²) in [6.45, 7) is 0.503. The van der Waals surface area contributed by atoms with E-state index in [0.717, 1.165) is 12.8 Å². The molecule has 0 spiro atoms. The quantitative estimate of drug-likeness (QED) is 0.615. The van der Waals surface area contributed by atoms with Gasteiger partial charge in [0, 0.05) is 24.8 Å². The summed E-state index contributed by atoms with van der Waals surface area (Å²) in [6.07, 6.45) is 6.99. The molecule has 2 aliphatic rings. The maximum Gasteiger partial charge on any atom is 0.228 e. The zero-order chi connectivity index (χ0) is 9.42. The number of carbonyl (C=O) groups is 1. The fourth-order valence-corrected chi connectivity index (χ4v) is 2.19. The fourth-order valence-electron chi connectivity index (χ4n) is 2.19. The topological polar surface area (TPSA) is 40.5 Å². The molecule has 2 rings (SSSR count). The molecule has 0 bridgehead atoms. The third kappa shape index (κ3) is 1.13. The highest BCUT2D eigenvalue weighted by molar-refractivity contribution is 5.82. The number of terminal acetylenes is 1. The molecule has 13 heavy (non-hydrogen) atoms. The average molecular weight is 179 g/mol. The maximum atomic E-state index is 11.6. The Morgan fingerprint density at radius 2 is 2.38 bits per heavy atom. The number of amides is 1. The van der Waals surface area contributed by atoms with Gasteiger partial charge in [0.05, 0.1) is 0 Å². The number of carbonyl (C=O) groups excluding carboxylic acids is 1. The smallest absolute Gasteiger partial charge is 0.228 e. The first-order chi connectivity index (χ1) is 6.25. The van der Waals surface area contributed by atoms with E-state index in [1.54, 1.807) is 0 Å². The summed E-state index contributed by atoms with van der Waals surface area (Å²) < 4.78 is 0. The number of hydrogen-bond donors (Lipinski definition) is 1. The molecule has 3 atom stereocenters. The molecule has 3 nitrogen and oxygen atoms in total. The molecule has 0 radical (unpaired) electrons. The van der Waals surface area contributed by atoms with Gasteiger partial charge in [-0.1, -0.05) is 0 Å². The second kappa shape index (κ2) is 3.04. The second-order valence-electron chi connectivity index (χ2n) is 3.75. The van der Waals surface area contributed by atoms with Gasteiger partial charge in [0.1, 0.15) is 6.23 Å². The van der Waals surface area contributed by atoms with Gasteiger partial charge in [0.2, 0.25) is 5.91 Å². The second-order valence-corrected chi connectivity index (χ2v) is 3.75. The molecule has 1 saturated carbocycles. The van der Waals surface area contributed by atoms with E-state index in [1.807, 2.05) is 0 Å². The van der Waals surface area contributed by atoms with Gasteiger partial charge >= 0.3 is 0 Å². The monoisotopic (exact) mass is 179 g/mol. The molecule has 70 valence electrons. The summed E-state index contributed by atoms with van der Waals surface area (Å²) in [5.41, 5.74) is 0. The Balaban J connectivity index is 2.03. The first-order valence-electron chi connectivity index (χ1n) is 4.67. The van der Waals surface area contributed by atoms with Crippen LogP contribution < -0.4 is 0 Å². The van der Waals surface area contributed by atoms with Crippen molar-refractivity contribution in [1.82, 2.24) is 4.90 Å². The highest BCUT2D eigenvalue weighted by Crippen LogP contribution is 2.44. The van der Waals surface area contributed by atoms with Crippen molar-refractivity contribution in [2.45, 2.75) is 25.5 Å². The van der Waals surface area contributed by atoms with Crippen LogP contribution in [0.4, 0.5) is 0 Å². The molecule has 1 heterocycles. The van der Waals surface area contributed by atoms with Crippen molar-refractivity contribution in [3.63, 3.8) is 0 Å². The van der Waals surface area contributed by atoms with Crippen LogP contribution in [0.25, 0.3) is 0 Å². The van der Waals surface area contributed by atoms with E-state index in [2.05, 4.69) is 5.92 Å². The van der Waals surface area contributed by atoms with Crippen molar-refractivity contribution in [2.75, 3.05) is 6.54 Å². The molecular weight excluding hydrogens is 166 g/mol. The van der Waals surface area contributed by atoms with E-state index in [9.17, 15) is 9.90 Å².